The van der Waals surface area contributed by atoms with E-state index in [1.165, 1.54) is 7.11 Å². The molecule has 3 aromatic heterocycles. The number of rotatable bonds is 7. The summed E-state index contributed by atoms with van der Waals surface area (Å²) in [7, 11) is 1.52. The summed E-state index contributed by atoms with van der Waals surface area (Å²) in [5, 5.41) is 10.1. The summed E-state index contributed by atoms with van der Waals surface area (Å²) in [5.74, 6) is 0.426. The van der Waals surface area contributed by atoms with E-state index in [9.17, 15) is 14.9 Å². The topological polar surface area (TPSA) is 101 Å². The molecule has 1 N–H and O–H groups in total. The van der Waals surface area contributed by atoms with E-state index in [1.807, 2.05) is 48.7 Å². The first-order valence-electron chi connectivity index (χ1n) is 11.1. The molecule has 0 aliphatic rings. The predicted molar refractivity (Wildman–Crippen MR) is 130 cm³/mol. The van der Waals surface area contributed by atoms with Gasteiger partial charge in [-0.25, -0.2) is 4.98 Å². The number of pyridine rings is 2. The number of nitrogens with zero attached hydrogens (tertiary/aromatic N) is 3. The van der Waals surface area contributed by atoms with Crippen LogP contribution < -0.4 is 10.3 Å². The first-order chi connectivity index (χ1) is 16.3. The SMILES string of the molecule is COc1cc(C)[nH]c(=O)c1CCC(=O)c1c(C)n(C(C)c2cccc(C#N)c2)c2ncccc12. The minimum atomic E-state index is -0.239. The number of hydrogen-bond acceptors (Lipinski definition) is 5. The highest BCUT2D eigenvalue weighted by atomic mass is 16.5. The van der Waals surface area contributed by atoms with Crippen LogP contribution in [0.5, 0.6) is 5.75 Å². The summed E-state index contributed by atoms with van der Waals surface area (Å²) in [5.41, 5.74) is 4.59. The number of fused-ring (bicyclic) bond motifs is 1. The van der Waals surface area contributed by atoms with E-state index in [0.717, 1.165) is 16.6 Å². The molecule has 7 nitrogen and oxygen atoms in total. The molecule has 4 aromatic rings. The number of hydrogen-bond donors (Lipinski definition) is 1. The van der Waals surface area contributed by atoms with Crippen LogP contribution in [0.15, 0.2) is 53.5 Å². The van der Waals surface area contributed by atoms with E-state index in [-0.39, 0.29) is 30.2 Å². The summed E-state index contributed by atoms with van der Waals surface area (Å²) < 4.78 is 7.41. The highest BCUT2D eigenvalue weighted by molar-refractivity contribution is 6.08. The van der Waals surface area contributed by atoms with Crippen molar-refractivity contribution in [3.8, 4) is 11.8 Å². The van der Waals surface area contributed by atoms with Gasteiger partial charge in [0.1, 0.15) is 11.4 Å². The zero-order valence-electron chi connectivity index (χ0n) is 19.7. The summed E-state index contributed by atoms with van der Waals surface area (Å²) >= 11 is 0. The Morgan fingerprint density at radius 3 is 2.76 bits per heavy atom. The molecule has 3 heterocycles. The van der Waals surface area contributed by atoms with Crippen molar-refractivity contribution in [3.63, 3.8) is 0 Å². The number of nitrogens with one attached hydrogen (secondary N) is 1. The molecule has 4 rings (SSSR count). The van der Waals surface area contributed by atoms with E-state index >= 15 is 0 Å². The molecular weight excluding hydrogens is 428 g/mol. The van der Waals surface area contributed by atoms with Gasteiger partial charge in [-0.1, -0.05) is 12.1 Å². The lowest BCUT2D eigenvalue weighted by Crippen LogP contribution is -2.17. The fraction of sp³-hybridized carbons (Fsp3) is 0.259. The van der Waals surface area contributed by atoms with E-state index in [2.05, 4.69) is 16.0 Å². The summed E-state index contributed by atoms with van der Waals surface area (Å²) in [6, 6.07) is 15.0. The second kappa shape index (κ2) is 9.36. The molecule has 0 saturated carbocycles. The van der Waals surface area contributed by atoms with E-state index in [4.69, 9.17) is 4.74 Å². The van der Waals surface area contributed by atoms with Crippen molar-refractivity contribution >= 4 is 16.8 Å². The van der Waals surface area contributed by atoms with Crippen LogP contribution in [0.1, 0.15) is 57.8 Å². The predicted octanol–water partition coefficient (Wildman–Crippen LogP) is 4.65. The molecule has 0 aliphatic heterocycles. The van der Waals surface area contributed by atoms with Gasteiger partial charge in [-0.2, -0.15) is 5.26 Å². The van der Waals surface area contributed by atoms with Crippen molar-refractivity contribution in [3.05, 3.63) is 92.7 Å². The molecule has 0 radical (unpaired) electrons. The molecule has 1 unspecified atom stereocenters. The van der Waals surface area contributed by atoms with Crippen LogP contribution in [0.4, 0.5) is 0 Å². The molecular formula is C27H26N4O3. The Morgan fingerprint density at radius 1 is 1.24 bits per heavy atom. The first kappa shape index (κ1) is 23.0. The standard InChI is InChI=1S/C27H26N4O3/c1-16-13-24(34-4)21(27(33)30-16)10-11-23(32)25-18(3)31(26-22(25)9-6-12-29-26)17(2)20-8-5-7-19(14-20)15-28/h5-9,12-14,17H,10-11H2,1-4H3,(H,30,33). The Bertz CT molecular complexity index is 1490. The third-order valence-electron chi connectivity index (χ3n) is 6.22. The van der Waals surface area contributed by atoms with Crippen LogP contribution in [-0.4, -0.2) is 27.4 Å². The third kappa shape index (κ3) is 4.11. The number of benzene rings is 1. The minimum Gasteiger partial charge on any atom is -0.496 e. The second-order valence-corrected chi connectivity index (χ2v) is 8.37. The van der Waals surface area contributed by atoms with E-state index in [1.54, 1.807) is 25.3 Å². The number of aromatic nitrogens is 3. The van der Waals surface area contributed by atoms with Gasteiger partial charge < -0.3 is 14.3 Å². The Balaban J connectivity index is 1.73. The van der Waals surface area contributed by atoms with Crippen molar-refractivity contribution in [1.29, 1.82) is 5.26 Å². The Morgan fingerprint density at radius 2 is 2.03 bits per heavy atom. The molecule has 0 bridgehead atoms. The summed E-state index contributed by atoms with van der Waals surface area (Å²) in [6.07, 6.45) is 2.14. The van der Waals surface area contributed by atoms with Gasteiger partial charge in [-0.05, 0) is 63.1 Å². The lowest BCUT2D eigenvalue weighted by atomic mass is 10.0. The summed E-state index contributed by atoms with van der Waals surface area (Å²) in [6.45, 7) is 5.74. The molecule has 0 amide bonds. The molecule has 0 saturated heterocycles. The van der Waals surface area contributed by atoms with Gasteiger partial charge in [0.25, 0.3) is 5.56 Å². The zero-order valence-corrected chi connectivity index (χ0v) is 19.7. The molecule has 7 heteroatoms. The number of Topliss-reactive ketones (excluding diaryl/α,β-unsaturated/α-hetero) is 1. The molecule has 1 aromatic carbocycles. The highest BCUT2D eigenvalue weighted by Crippen LogP contribution is 2.32. The van der Waals surface area contributed by atoms with Crippen LogP contribution >= 0.6 is 0 Å². The highest BCUT2D eigenvalue weighted by Gasteiger charge is 2.24. The van der Waals surface area contributed by atoms with Crippen LogP contribution in [0.25, 0.3) is 11.0 Å². The van der Waals surface area contributed by atoms with Gasteiger partial charge in [0.05, 0.1) is 30.3 Å². The van der Waals surface area contributed by atoms with Crippen molar-refractivity contribution in [2.75, 3.05) is 7.11 Å². The van der Waals surface area contributed by atoms with Crippen molar-refractivity contribution in [1.82, 2.24) is 14.5 Å². The minimum absolute atomic E-state index is 0.0609. The fourth-order valence-corrected chi connectivity index (χ4v) is 4.57. The number of aromatic amines is 1. The number of carbonyl (C=O) groups excluding carboxylic acids is 1. The normalized spacial score (nSPS) is 11.9. The lowest BCUT2D eigenvalue weighted by molar-refractivity contribution is 0.0983. The Hall–Kier alpha value is -4.18. The lowest BCUT2D eigenvalue weighted by Gasteiger charge is -2.18. The number of nitriles is 1. The number of carbonyl (C=O) groups is 1. The van der Waals surface area contributed by atoms with Gasteiger partial charge in [-0.15, -0.1) is 0 Å². The Kier molecular flexibility index (Phi) is 6.33. The van der Waals surface area contributed by atoms with Crippen LogP contribution in [-0.2, 0) is 6.42 Å². The van der Waals surface area contributed by atoms with Crippen LogP contribution in [0.2, 0.25) is 0 Å². The number of aryl methyl sites for hydroxylation is 1. The van der Waals surface area contributed by atoms with Gasteiger partial charge >= 0.3 is 0 Å². The van der Waals surface area contributed by atoms with Gasteiger partial charge in [0.15, 0.2) is 5.78 Å². The molecule has 34 heavy (non-hydrogen) atoms. The van der Waals surface area contributed by atoms with Crippen molar-refractivity contribution < 1.29 is 9.53 Å². The maximum Gasteiger partial charge on any atom is 0.255 e. The van der Waals surface area contributed by atoms with Crippen molar-refractivity contribution in [2.45, 2.75) is 39.7 Å². The summed E-state index contributed by atoms with van der Waals surface area (Å²) in [4.78, 5) is 33.3. The van der Waals surface area contributed by atoms with Crippen LogP contribution in [0.3, 0.4) is 0 Å². The molecule has 172 valence electrons. The molecule has 0 spiro atoms. The maximum atomic E-state index is 13.5. The number of H-pyrrole nitrogens is 1. The van der Waals surface area contributed by atoms with Gasteiger partial charge in [-0.3, -0.25) is 9.59 Å². The fourth-order valence-electron chi connectivity index (χ4n) is 4.57. The second-order valence-electron chi connectivity index (χ2n) is 8.37. The molecule has 0 aliphatic carbocycles. The quantitative estimate of drug-likeness (QED) is 0.410. The number of ketones is 1. The first-order valence-corrected chi connectivity index (χ1v) is 11.1. The van der Waals surface area contributed by atoms with Crippen molar-refractivity contribution in [2.24, 2.45) is 0 Å². The zero-order chi connectivity index (χ0) is 24.4. The van der Waals surface area contributed by atoms with Gasteiger partial charge in [0.2, 0.25) is 0 Å². The monoisotopic (exact) mass is 454 g/mol. The average molecular weight is 455 g/mol. The van der Waals surface area contributed by atoms with Gasteiger partial charge in [0, 0.05) is 35.0 Å². The van der Waals surface area contributed by atoms with E-state index in [0.29, 0.717) is 33.8 Å². The number of ether oxygens (including phenoxy) is 1. The van der Waals surface area contributed by atoms with Crippen LogP contribution in [0, 0.1) is 25.2 Å². The van der Waals surface area contributed by atoms with E-state index < -0.39 is 0 Å². The molecule has 1 atom stereocenters. The smallest absolute Gasteiger partial charge is 0.255 e. The average Bonchev–Trinajstić information content (AvgIpc) is 3.14. The maximum absolute atomic E-state index is 13.5. The third-order valence-corrected chi connectivity index (χ3v) is 6.22. The Labute approximate surface area is 197 Å². The number of methoxy groups -OCH3 is 1. The largest absolute Gasteiger partial charge is 0.496 e. The molecule has 0 fully saturated rings.